The number of amides is 2. The number of para-hydroxylation sites is 1. The highest BCUT2D eigenvalue weighted by atomic mass is 19.4. The topological polar surface area (TPSA) is 35.6 Å². The Morgan fingerprint density at radius 3 is 2.30 bits per heavy atom. The van der Waals surface area contributed by atoms with Crippen LogP contribution in [0.1, 0.15) is 24.1 Å². The van der Waals surface area contributed by atoms with Gasteiger partial charge < -0.3 is 15.1 Å². The van der Waals surface area contributed by atoms with E-state index in [0.29, 0.717) is 18.7 Å². The Balaban J connectivity index is 1.57. The average Bonchev–Trinajstić information content (AvgIpc) is 2.68. The largest absolute Gasteiger partial charge is 0.416 e. The molecule has 0 saturated carbocycles. The Labute approximate surface area is 156 Å². The van der Waals surface area contributed by atoms with Gasteiger partial charge in [0.15, 0.2) is 0 Å². The predicted octanol–water partition coefficient (Wildman–Crippen LogP) is 4.30. The van der Waals surface area contributed by atoms with Gasteiger partial charge in [0.05, 0.1) is 11.6 Å². The number of carbonyl (C=O) groups is 1. The van der Waals surface area contributed by atoms with Crippen molar-refractivity contribution < 1.29 is 18.0 Å². The molecule has 0 radical (unpaired) electrons. The first-order chi connectivity index (χ1) is 12.8. The second-order valence-corrected chi connectivity index (χ2v) is 6.60. The van der Waals surface area contributed by atoms with Crippen molar-refractivity contribution in [2.75, 3.05) is 31.1 Å². The quantitative estimate of drug-likeness (QED) is 0.866. The van der Waals surface area contributed by atoms with Crippen molar-refractivity contribution in [3.63, 3.8) is 0 Å². The number of urea groups is 1. The number of alkyl halides is 3. The molecule has 27 heavy (non-hydrogen) atoms. The van der Waals surface area contributed by atoms with E-state index < -0.39 is 17.8 Å². The summed E-state index contributed by atoms with van der Waals surface area (Å²) in [7, 11) is 0. The Bertz CT molecular complexity index is 772. The van der Waals surface area contributed by atoms with Crippen molar-refractivity contribution >= 4 is 11.7 Å². The lowest BCUT2D eigenvalue weighted by Crippen LogP contribution is -2.52. The molecule has 0 unspecified atom stereocenters. The van der Waals surface area contributed by atoms with Gasteiger partial charge in [0.1, 0.15) is 0 Å². The Kier molecular flexibility index (Phi) is 5.58. The molecule has 144 valence electrons. The number of halogens is 3. The summed E-state index contributed by atoms with van der Waals surface area (Å²) >= 11 is 0. The van der Waals surface area contributed by atoms with Crippen LogP contribution in [-0.4, -0.2) is 37.1 Å². The summed E-state index contributed by atoms with van der Waals surface area (Å²) in [5.74, 6) is 0. The number of anilines is 1. The SMILES string of the molecule is C[C@@H](NC(=O)N1CCN(c2ccccc2)CC1)c1cccc(C(F)(F)F)c1. The molecule has 1 N–H and O–H groups in total. The van der Waals surface area contributed by atoms with E-state index in [0.717, 1.165) is 30.9 Å². The van der Waals surface area contributed by atoms with Gasteiger partial charge in [0.25, 0.3) is 0 Å². The van der Waals surface area contributed by atoms with E-state index in [1.807, 2.05) is 30.3 Å². The molecule has 1 heterocycles. The van der Waals surface area contributed by atoms with Crippen molar-refractivity contribution in [1.29, 1.82) is 0 Å². The van der Waals surface area contributed by atoms with Crippen molar-refractivity contribution in [1.82, 2.24) is 10.2 Å². The second kappa shape index (κ2) is 7.90. The highest BCUT2D eigenvalue weighted by Crippen LogP contribution is 2.30. The van der Waals surface area contributed by atoms with Gasteiger partial charge in [-0.3, -0.25) is 0 Å². The van der Waals surface area contributed by atoms with Gasteiger partial charge in [-0.25, -0.2) is 4.79 Å². The summed E-state index contributed by atoms with van der Waals surface area (Å²) < 4.78 is 38.6. The highest BCUT2D eigenvalue weighted by molar-refractivity contribution is 5.75. The van der Waals surface area contributed by atoms with Crippen LogP contribution in [0.5, 0.6) is 0 Å². The van der Waals surface area contributed by atoms with Gasteiger partial charge in [0, 0.05) is 31.9 Å². The number of nitrogens with zero attached hydrogens (tertiary/aromatic N) is 2. The van der Waals surface area contributed by atoms with Gasteiger partial charge in [-0.05, 0) is 36.8 Å². The molecule has 3 rings (SSSR count). The normalized spacial score (nSPS) is 16.1. The summed E-state index contributed by atoms with van der Waals surface area (Å²) in [5, 5.41) is 2.80. The molecule has 2 amide bonds. The lowest BCUT2D eigenvalue weighted by Gasteiger charge is -2.36. The van der Waals surface area contributed by atoms with Crippen LogP contribution in [0.4, 0.5) is 23.7 Å². The van der Waals surface area contributed by atoms with Gasteiger partial charge in [0.2, 0.25) is 0 Å². The fraction of sp³-hybridized carbons (Fsp3) is 0.350. The van der Waals surface area contributed by atoms with Crippen LogP contribution in [-0.2, 0) is 6.18 Å². The van der Waals surface area contributed by atoms with E-state index in [2.05, 4.69) is 10.2 Å². The maximum atomic E-state index is 12.9. The highest BCUT2D eigenvalue weighted by Gasteiger charge is 2.31. The third-order valence-corrected chi connectivity index (χ3v) is 4.74. The summed E-state index contributed by atoms with van der Waals surface area (Å²) in [5.41, 5.74) is 0.841. The first-order valence-corrected chi connectivity index (χ1v) is 8.87. The third-order valence-electron chi connectivity index (χ3n) is 4.74. The van der Waals surface area contributed by atoms with Crippen LogP contribution in [0.25, 0.3) is 0 Å². The third kappa shape index (κ3) is 4.72. The van der Waals surface area contributed by atoms with E-state index in [1.165, 1.54) is 6.07 Å². The summed E-state index contributed by atoms with van der Waals surface area (Å²) in [6.07, 6.45) is -4.40. The monoisotopic (exact) mass is 377 g/mol. The van der Waals surface area contributed by atoms with Crippen LogP contribution in [0.2, 0.25) is 0 Å². The molecule has 0 bridgehead atoms. The molecular weight excluding hydrogens is 355 g/mol. The Morgan fingerprint density at radius 1 is 1.00 bits per heavy atom. The zero-order valence-electron chi connectivity index (χ0n) is 15.0. The minimum Gasteiger partial charge on any atom is -0.368 e. The Morgan fingerprint density at radius 2 is 1.67 bits per heavy atom. The predicted molar refractivity (Wildman–Crippen MR) is 98.6 cm³/mol. The van der Waals surface area contributed by atoms with Crippen molar-refractivity contribution in [3.05, 3.63) is 65.7 Å². The van der Waals surface area contributed by atoms with E-state index in [9.17, 15) is 18.0 Å². The minimum absolute atomic E-state index is 0.257. The first kappa shape index (κ1) is 19.1. The molecule has 4 nitrogen and oxygen atoms in total. The van der Waals surface area contributed by atoms with E-state index in [-0.39, 0.29) is 6.03 Å². The molecule has 0 spiro atoms. The zero-order chi connectivity index (χ0) is 19.4. The molecular formula is C20H22F3N3O. The number of hydrogen-bond acceptors (Lipinski definition) is 2. The molecule has 7 heteroatoms. The smallest absolute Gasteiger partial charge is 0.368 e. The van der Waals surface area contributed by atoms with Gasteiger partial charge >= 0.3 is 12.2 Å². The number of rotatable bonds is 3. The molecule has 0 aliphatic carbocycles. The maximum absolute atomic E-state index is 12.9. The number of benzene rings is 2. The fourth-order valence-electron chi connectivity index (χ4n) is 3.15. The summed E-state index contributed by atoms with van der Waals surface area (Å²) in [6.45, 7) is 4.25. The fourth-order valence-corrected chi connectivity index (χ4v) is 3.15. The lowest BCUT2D eigenvalue weighted by molar-refractivity contribution is -0.137. The van der Waals surface area contributed by atoms with Gasteiger partial charge in [-0.2, -0.15) is 13.2 Å². The van der Waals surface area contributed by atoms with Crippen LogP contribution in [0.15, 0.2) is 54.6 Å². The number of piperazine rings is 1. The van der Waals surface area contributed by atoms with Crippen LogP contribution in [0, 0.1) is 0 Å². The standard InChI is InChI=1S/C20H22F3N3O/c1-15(16-6-5-7-17(14-16)20(21,22)23)24-19(27)26-12-10-25(11-13-26)18-8-3-2-4-9-18/h2-9,14-15H,10-13H2,1H3,(H,24,27)/t15-/m1/s1. The first-order valence-electron chi connectivity index (χ1n) is 8.87. The van der Waals surface area contributed by atoms with Crippen LogP contribution >= 0.6 is 0 Å². The van der Waals surface area contributed by atoms with Crippen LogP contribution in [0.3, 0.4) is 0 Å². The molecule has 0 aromatic heterocycles. The maximum Gasteiger partial charge on any atom is 0.416 e. The van der Waals surface area contributed by atoms with E-state index in [4.69, 9.17) is 0 Å². The van der Waals surface area contributed by atoms with Crippen molar-refractivity contribution in [2.45, 2.75) is 19.1 Å². The average molecular weight is 377 g/mol. The number of hydrogen-bond donors (Lipinski definition) is 1. The molecule has 1 fully saturated rings. The molecule has 2 aromatic carbocycles. The van der Waals surface area contributed by atoms with Gasteiger partial charge in [-0.1, -0.05) is 30.3 Å². The van der Waals surface area contributed by atoms with Crippen molar-refractivity contribution in [2.24, 2.45) is 0 Å². The summed E-state index contributed by atoms with van der Waals surface area (Å²) in [6, 6.07) is 14.3. The molecule has 1 atom stereocenters. The number of carbonyl (C=O) groups excluding carboxylic acids is 1. The molecule has 1 aliphatic heterocycles. The molecule has 2 aromatic rings. The van der Waals surface area contributed by atoms with E-state index >= 15 is 0 Å². The zero-order valence-corrected chi connectivity index (χ0v) is 15.0. The summed E-state index contributed by atoms with van der Waals surface area (Å²) in [4.78, 5) is 16.4. The van der Waals surface area contributed by atoms with Crippen molar-refractivity contribution in [3.8, 4) is 0 Å². The number of nitrogens with one attached hydrogen (secondary N) is 1. The van der Waals surface area contributed by atoms with E-state index in [1.54, 1.807) is 17.9 Å². The molecule has 1 saturated heterocycles. The lowest BCUT2D eigenvalue weighted by atomic mass is 10.1. The second-order valence-electron chi connectivity index (χ2n) is 6.60. The molecule has 1 aliphatic rings. The Hall–Kier alpha value is -2.70. The minimum atomic E-state index is -4.40. The van der Waals surface area contributed by atoms with Crippen LogP contribution < -0.4 is 10.2 Å². The van der Waals surface area contributed by atoms with Gasteiger partial charge in [-0.15, -0.1) is 0 Å².